The van der Waals surface area contributed by atoms with Crippen molar-refractivity contribution in [2.45, 2.75) is 62.5 Å². The van der Waals surface area contributed by atoms with Crippen LogP contribution in [0.4, 0.5) is 0 Å². The zero-order valence-corrected chi connectivity index (χ0v) is 19.5. The van der Waals surface area contributed by atoms with Crippen LogP contribution in [0.2, 0.25) is 0 Å². The molecule has 0 aliphatic heterocycles. The number of hydrogen-bond acceptors (Lipinski definition) is 6. The summed E-state index contributed by atoms with van der Waals surface area (Å²) in [6.45, 7) is 3.64. The number of aliphatic imine (C=N–C) groups is 1. The molecule has 172 valence electrons. The van der Waals surface area contributed by atoms with E-state index in [1.54, 1.807) is 12.1 Å². The second-order valence-corrected chi connectivity index (χ2v) is 12.2. The lowest BCUT2D eigenvalue weighted by Gasteiger charge is -2.59. The number of rotatable bonds is 6. The van der Waals surface area contributed by atoms with E-state index in [2.05, 4.69) is 10.3 Å². The lowest BCUT2D eigenvalue weighted by atomic mass is 9.47. The molecule has 0 radical (unpaired) electrons. The molecule has 0 heterocycles. The molecule has 1 aromatic carbocycles. The molecule has 8 nitrogen and oxygen atoms in total. The molecule has 9 heteroatoms. The number of nitriles is 1. The van der Waals surface area contributed by atoms with E-state index in [0.717, 1.165) is 38.4 Å². The average Bonchev–Trinajstić information content (AvgIpc) is 2.68. The summed E-state index contributed by atoms with van der Waals surface area (Å²) in [5.74, 6) is 1.88. The largest absolute Gasteiger partial charge is 0.480 e. The van der Waals surface area contributed by atoms with Gasteiger partial charge in [-0.2, -0.15) is 10.3 Å². The molecule has 0 aromatic heterocycles. The number of hydrogen-bond donors (Lipinski definition) is 2. The van der Waals surface area contributed by atoms with Gasteiger partial charge in [-0.3, -0.25) is 4.79 Å². The lowest BCUT2D eigenvalue weighted by Crippen LogP contribution is -2.64. The van der Waals surface area contributed by atoms with Gasteiger partial charge in [0.15, 0.2) is 21.3 Å². The number of carbonyl (C=O) groups is 1. The van der Waals surface area contributed by atoms with E-state index in [1.165, 1.54) is 12.1 Å². The van der Waals surface area contributed by atoms with E-state index in [9.17, 15) is 18.5 Å². The van der Waals surface area contributed by atoms with Crippen LogP contribution < -0.4 is 15.8 Å². The number of nitrogens with two attached hydrogens (primary N) is 1. The van der Waals surface area contributed by atoms with E-state index in [1.807, 2.05) is 20.0 Å². The number of amides is 1. The molecule has 4 bridgehead atoms. The summed E-state index contributed by atoms with van der Waals surface area (Å²) in [7, 11) is -3.30. The van der Waals surface area contributed by atoms with Crippen molar-refractivity contribution in [1.29, 1.82) is 5.26 Å². The number of amidine groups is 1. The number of nitrogens with zero attached hydrogens (tertiary/aromatic N) is 2. The van der Waals surface area contributed by atoms with Gasteiger partial charge in [0.05, 0.1) is 4.90 Å². The van der Waals surface area contributed by atoms with Gasteiger partial charge in [-0.25, -0.2) is 8.42 Å². The van der Waals surface area contributed by atoms with E-state index >= 15 is 0 Å². The molecule has 4 saturated carbocycles. The number of ether oxygens (including phenoxy) is 1. The molecule has 2 unspecified atom stereocenters. The van der Waals surface area contributed by atoms with E-state index in [0.29, 0.717) is 29.3 Å². The maximum Gasteiger partial charge on any atom is 0.223 e. The maximum absolute atomic E-state index is 12.2. The summed E-state index contributed by atoms with van der Waals surface area (Å²) >= 11 is 0. The van der Waals surface area contributed by atoms with Gasteiger partial charge in [-0.05, 0) is 88.0 Å². The maximum atomic E-state index is 12.2. The molecule has 4 aliphatic carbocycles. The lowest BCUT2D eigenvalue weighted by molar-refractivity contribution is -0.145. The normalized spacial score (nSPS) is 31.8. The van der Waals surface area contributed by atoms with Crippen LogP contribution >= 0.6 is 0 Å². The van der Waals surface area contributed by atoms with Crippen LogP contribution in [0.5, 0.6) is 5.75 Å². The number of benzene rings is 1. The Bertz CT molecular complexity index is 1070. The van der Waals surface area contributed by atoms with Crippen LogP contribution in [0.1, 0.15) is 46.0 Å². The summed E-state index contributed by atoms with van der Waals surface area (Å²) in [5.41, 5.74) is 4.47. The van der Waals surface area contributed by atoms with Gasteiger partial charge < -0.3 is 15.8 Å². The van der Waals surface area contributed by atoms with Crippen molar-refractivity contribution in [1.82, 2.24) is 5.32 Å². The van der Waals surface area contributed by atoms with Crippen LogP contribution in [0, 0.1) is 34.6 Å². The van der Waals surface area contributed by atoms with Gasteiger partial charge in [0.1, 0.15) is 5.75 Å². The van der Waals surface area contributed by atoms with Crippen molar-refractivity contribution in [3.05, 3.63) is 24.3 Å². The number of nitrogens with one attached hydrogen (secondary N) is 1. The van der Waals surface area contributed by atoms with Gasteiger partial charge in [0.2, 0.25) is 12.1 Å². The highest BCUT2D eigenvalue weighted by Gasteiger charge is 2.58. The minimum atomic E-state index is -3.30. The summed E-state index contributed by atoms with van der Waals surface area (Å²) in [5, 5.41) is 12.8. The quantitative estimate of drug-likeness (QED) is 0.382. The van der Waals surface area contributed by atoms with Crippen molar-refractivity contribution in [2.75, 3.05) is 6.26 Å². The summed E-state index contributed by atoms with van der Waals surface area (Å²) < 4.78 is 29.5. The Hall–Kier alpha value is -2.60. The molecular formula is C23H30N4O4S. The molecule has 2 atom stereocenters. The molecule has 4 fully saturated rings. The monoisotopic (exact) mass is 458 g/mol. The van der Waals surface area contributed by atoms with Gasteiger partial charge in [0.25, 0.3) is 0 Å². The topological polar surface area (TPSA) is 135 Å². The molecule has 0 spiro atoms. The van der Waals surface area contributed by atoms with E-state index in [-0.39, 0.29) is 22.3 Å². The van der Waals surface area contributed by atoms with Crippen LogP contribution in [-0.4, -0.2) is 38.1 Å². The zero-order chi connectivity index (χ0) is 23.3. The first-order valence-corrected chi connectivity index (χ1v) is 12.9. The SMILES string of the molecule is CC(C)(Oc1ccc(S(C)(=O)=O)cc1)/C(=N\C#N)NC1C2CC3CC1CC(C(N)=O)(C3)C2. The van der Waals surface area contributed by atoms with Crippen LogP contribution in [-0.2, 0) is 14.6 Å². The molecule has 4 aliphatic rings. The Morgan fingerprint density at radius 2 is 1.81 bits per heavy atom. The van der Waals surface area contributed by atoms with Gasteiger partial charge in [0, 0.05) is 17.7 Å². The van der Waals surface area contributed by atoms with Gasteiger partial charge in [-0.15, -0.1) is 0 Å². The first kappa shape index (κ1) is 22.6. The molecule has 3 N–H and O–H groups in total. The molecule has 1 aromatic rings. The fraction of sp³-hybridized carbons (Fsp3) is 0.609. The van der Waals surface area contributed by atoms with Crippen molar-refractivity contribution in [2.24, 2.45) is 33.9 Å². The average molecular weight is 459 g/mol. The van der Waals surface area contributed by atoms with Crippen molar-refractivity contribution < 1.29 is 17.9 Å². The standard InChI is InChI=1S/C23H30N4O4S/c1-22(2,31-17-4-6-18(7-5-17)32(3,29)30)21(26-13-24)27-19-15-8-14-9-16(19)12-23(10-14,11-15)20(25)28/h4-7,14-16,19H,8-12H2,1-3H3,(H2,25,28)(H,26,27). The van der Waals surface area contributed by atoms with E-state index in [4.69, 9.17) is 10.5 Å². The smallest absolute Gasteiger partial charge is 0.223 e. The zero-order valence-electron chi connectivity index (χ0n) is 18.7. The number of sulfone groups is 1. The van der Waals surface area contributed by atoms with Crippen LogP contribution in [0.15, 0.2) is 34.2 Å². The van der Waals surface area contributed by atoms with Gasteiger partial charge in [-0.1, -0.05) is 0 Å². The Morgan fingerprint density at radius 1 is 1.22 bits per heavy atom. The third-order valence-corrected chi connectivity index (χ3v) is 8.58. The predicted molar refractivity (Wildman–Crippen MR) is 119 cm³/mol. The molecule has 0 saturated heterocycles. The van der Waals surface area contributed by atoms with Crippen molar-refractivity contribution >= 4 is 21.6 Å². The summed E-state index contributed by atoms with van der Waals surface area (Å²) in [6, 6.07) is 6.30. The third-order valence-electron chi connectivity index (χ3n) is 7.46. The van der Waals surface area contributed by atoms with Crippen LogP contribution in [0.25, 0.3) is 0 Å². The first-order chi connectivity index (χ1) is 14.9. The minimum Gasteiger partial charge on any atom is -0.480 e. The highest BCUT2D eigenvalue weighted by Crippen LogP contribution is 2.60. The second-order valence-electron chi connectivity index (χ2n) is 10.2. The number of primary amides is 1. The fourth-order valence-electron chi connectivity index (χ4n) is 6.21. The van der Waals surface area contributed by atoms with Crippen molar-refractivity contribution in [3.8, 4) is 11.9 Å². The predicted octanol–water partition coefficient (Wildman–Crippen LogP) is 2.40. The van der Waals surface area contributed by atoms with Gasteiger partial charge >= 0.3 is 0 Å². The van der Waals surface area contributed by atoms with E-state index < -0.39 is 15.4 Å². The minimum absolute atomic E-state index is 0.113. The molecule has 5 rings (SSSR count). The highest BCUT2D eigenvalue weighted by molar-refractivity contribution is 7.90. The number of carbonyl (C=O) groups excluding carboxylic acids is 1. The fourth-order valence-corrected chi connectivity index (χ4v) is 6.84. The summed E-state index contributed by atoms with van der Waals surface area (Å²) in [6.07, 6.45) is 7.60. The Labute approximate surface area is 189 Å². The second kappa shape index (κ2) is 7.77. The Kier molecular flexibility index (Phi) is 5.48. The highest BCUT2D eigenvalue weighted by atomic mass is 32.2. The Morgan fingerprint density at radius 3 is 2.31 bits per heavy atom. The first-order valence-electron chi connectivity index (χ1n) is 11.0. The third kappa shape index (κ3) is 4.08. The summed E-state index contributed by atoms with van der Waals surface area (Å²) in [4.78, 5) is 16.5. The molecular weight excluding hydrogens is 428 g/mol. The van der Waals surface area contributed by atoms with Crippen molar-refractivity contribution in [3.63, 3.8) is 0 Å². The molecule has 32 heavy (non-hydrogen) atoms. The Balaban J connectivity index is 1.52. The van der Waals surface area contributed by atoms with Crippen LogP contribution in [0.3, 0.4) is 0 Å². The molecule has 1 amide bonds.